The van der Waals surface area contributed by atoms with E-state index in [0.29, 0.717) is 17.9 Å². The first-order valence-corrected chi connectivity index (χ1v) is 5.29. The van der Waals surface area contributed by atoms with Crippen LogP contribution in [0.2, 0.25) is 0 Å². The molecule has 4 nitrogen and oxygen atoms in total. The summed E-state index contributed by atoms with van der Waals surface area (Å²) < 4.78 is 10.3. The fourth-order valence-corrected chi connectivity index (χ4v) is 1.26. The van der Waals surface area contributed by atoms with E-state index < -0.39 is 12.1 Å². The molecule has 1 unspecified atom stereocenters. The van der Waals surface area contributed by atoms with Crippen molar-refractivity contribution in [2.24, 2.45) is 0 Å². The maximum atomic E-state index is 11.5. The van der Waals surface area contributed by atoms with Crippen molar-refractivity contribution in [1.82, 2.24) is 0 Å². The third-order valence-corrected chi connectivity index (χ3v) is 2.07. The van der Waals surface area contributed by atoms with E-state index in [1.54, 1.807) is 24.3 Å². The first kappa shape index (κ1) is 12.9. The monoisotopic (exact) mass is 233 g/mol. The van der Waals surface area contributed by atoms with Gasteiger partial charge in [-0.25, -0.2) is 4.79 Å². The molecule has 1 aromatic rings. The zero-order chi connectivity index (χ0) is 12.7. The molecule has 1 rings (SSSR count). The van der Waals surface area contributed by atoms with Crippen LogP contribution in [0.15, 0.2) is 24.3 Å². The van der Waals surface area contributed by atoms with Crippen molar-refractivity contribution in [1.29, 1.82) is 0 Å². The lowest BCUT2D eigenvalue weighted by Crippen LogP contribution is -2.28. The molecule has 0 aliphatic heterocycles. The molecule has 0 spiro atoms. The molecular formula is C13H15NO3. The molecule has 0 radical (unpaired) electrons. The summed E-state index contributed by atoms with van der Waals surface area (Å²) in [6.45, 7) is 1.78. The van der Waals surface area contributed by atoms with Crippen LogP contribution in [0.25, 0.3) is 0 Å². The number of nitrogen functional groups attached to an aromatic ring is 1. The van der Waals surface area contributed by atoms with Crippen LogP contribution in [0.3, 0.4) is 0 Å². The Morgan fingerprint density at radius 1 is 1.59 bits per heavy atom. The zero-order valence-electron chi connectivity index (χ0n) is 9.68. The first-order valence-electron chi connectivity index (χ1n) is 5.29. The van der Waals surface area contributed by atoms with Gasteiger partial charge in [0.25, 0.3) is 0 Å². The average molecular weight is 233 g/mol. The predicted molar refractivity (Wildman–Crippen MR) is 65.4 cm³/mol. The first-order chi connectivity index (χ1) is 8.17. The maximum Gasteiger partial charge on any atom is 0.348 e. The van der Waals surface area contributed by atoms with Crippen LogP contribution < -0.4 is 10.5 Å². The lowest BCUT2D eigenvalue weighted by Gasteiger charge is -2.15. The number of nitrogens with two attached hydrogens (primary N) is 1. The highest BCUT2D eigenvalue weighted by Gasteiger charge is 2.19. The van der Waals surface area contributed by atoms with Crippen LogP contribution in [0.4, 0.5) is 5.69 Å². The fourth-order valence-electron chi connectivity index (χ4n) is 1.26. The predicted octanol–water partition coefficient (Wildman–Crippen LogP) is 1.60. The SMILES string of the molecule is C#CCOC(=O)C(CC)Oc1cccc(N)c1. The Morgan fingerprint density at radius 2 is 2.35 bits per heavy atom. The molecule has 4 heteroatoms. The second-order valence-electron chi connectivity index (χ2n) is 3.40. The van der Waals surface area contributed by atoms with Gasteiger partial charge in [0.2, 0.25) is 0 Å². The molecule has 0 amide bonds. The molecule has 0 fully saturated rings. The van der Waals surface area contributed by atoms with Gasteiger partial charge in [-0.1, -0.05) is 18.9 Å². The second-order valence-corrected chi connectivity index (χ2v) is 3.40. The van der Waals surface area contributed by atoms with Gasteiger partial charge in [0.15, 0.2) is 12.7 Å². The molecule has 0 aliphatic carbocycles. The van der Waals surface area contributed by atoms with Crippen LogP contribution in [-0.4, -0.2) is 18.7 Å². The molecule has 0 saturated carbocycles. The van der Waals surface area contributed by atoms with E-state index in [-0.39, 0.29) is 6.61 Å². The quantitative estimate of drug-likeness (QED) is 0.476. The van der Waals surface area contributed by atoms with Crippen LogP contribution in [-0.2, 0) is 9.53 Å². The van der Waals surface area contributed by atoms with Crippen LogP contribution in [0, 0.1) is 12.3 Å². The molecule has 0 bridgehead atoms. The molecule has 0 aromatic heterocycles. The Bertz CT molecular complexity index is 423. The molecule has 1 atom stereocenters. The third-order valence-electron chi connectivity index (χ3n) is 2.07. The Balaban J connectivity index is 2.64. The van der Waals surface area contributed by atoms with E-state index in [2.05, 4.69) is 5.92 Å². The summed E-state index contributed by atoms with van der Waals surface area (Å²) in [5.41, 5.74) is 6.19. The van der Waals surface area contributed by atoms with Gasteiger partial charge in [0.1, 0.15) is 5.75 Å². The number of benzene rings is 1. The Labute approximate surface area is 101 Å². The number of terminal acetylenes is 1. The summed E-state index contributed by atoms with van der Waals surface area (Å²) in [5, 5.41) is 0. The fraction of sp³-hybridized carbons (Fsp3) is 0.308. The summed E-state index contributed by atoms with van der Waals surface area (Å²) in [7, 11) is 0. The minimum absolute atomic E-state index is 0.0460. The highest BCUT2D eigenvalue weighted by molar-refractivity contribution is 5.75. The Hall–Kier alpha value is -2.15. The van der Waals surface area contributed by atoms with Crippen LogP contribution in [0.1, 0.15) is 13.3 Å². The van der Waals surface area contributed by atoms with Crippen molar-refractivity contribution in [3.05, 3.63) is 24.3 Å². The highest BCUT2D eigenvalue weighted by Crippen LogP contribution is 2.17. The average Bonchev–Trinajstić information content (AvgIpc) is 2.33. The van der Waals surface area contributed by atoms with Crippen molar-refractivity contribution < 1.29 is 14.3 Å². The van der Waals surface area contributed by atoms with Crippen molar-refractivity contribution in [3.63, 3.8) is 0 Å². The molecule has 0 heterocycles. The topological polar surface area (TPSA) is 61.5 Å². The minimum Gasteiger partial charge on any atom is -0.479 e. The van der Waals surface area contributed by atoms with Gasteiger partial charge in [0, 0.05) is 11.8 Å². The number of carbonyl (C=O) groups excluding carboxylic acids is 1. The highest BCUT2D eigenvalue weighted by atomic mass is 16.6. The molecule has 0 aliphatic rings. The molecule has 90 valence electrons. The van der Waals surface area contributed by atoms with E-state index in [1.165, 1.54) is 0 Å². The van der Waals surface area contributed by atoms with Gasteiger partial charge >= 0.3 is 5.97 Å². The Kier molecular flexibility index (Phi) is 4.89. The lowest BCUT2D eigenvalue weighted by atomic mass is 10.2. The Morgan fingerprint density at radius 3 is 2.94 bits per heavy atom. The second kappa shape index (κ2) is 6.44. The number of anilines is 1. The summed E-state index contributed by atoms with van der Waals surface area (Å²) in [4.78, 5) is 11.5. The van der Waals surface area contributed by atoms with Gasteiger partial charge in [-0.05, 0) is 18.6 Å². The van der Waals surface area contributed by atoms with E-state index in [9.17, 15) is 4.79 Å². The van der Waals surface area contributed by atoms with E-state index in [4.69, 9.17) is 21.6 Å². The van der Waals surface area contributed by atoms with Crippen molar-refractivity contribution in [2.45, 2.75) is 19.4 Å². The van der Waals surface area contributed by atoms with Gasteiger partial charge in [-0.15, -0.1) is 6.42 Å². The van der Waals surface area contributed by atoms with E-state index in [1.807, 2.05) is 6.92 Å². The van der Waals surface area contributed by atoms with Crippen molar-refractivity contribution >= 4 is 11.7 Å². The minimum atomic E-state index is -0.662. The number of ether oxygens (including phenoxy) is 2. The summed E-state index contributed by atoms with van der Waals surface area (Å²) >= 11 is 0. The number of carbonyl (C=O) groups is 1. The molecule has 0 saturated heterocycles. The normalized spacial score (nSPS) is 11.3. The van der Waals surface area contributed by atoms with Crippen molar-refractivity contribution in [2.75, 3.05) is 12.3 Å². The summed E-state index contributed by atoms with van der Waals surface area (Å²) in [5.74, 6) is 2.30. The third kappa shape index (κ3) is 4.07. The van der Waals surface area contributed by atoms with Gasteiger partial charge < -0.3 is 15.2 Å². The van der Waals surface area contributed by atoms with Gasteiger partial charge in [-0.2, -0.15) is 0 Å². The largest absolute Gasteiger partial charge is 0.479 e. The maximum absolute atomic E-state index is 11.5. The molecule has 1 aromatic carbocycles. The summed E-state index contributed by atoms with van der Waals surface area (Å²) in [6, 6.07) is 6.87. The smallest absolute Gasteiger partial charge is 0.348 e. The van der Waals surface area contributed by atoms with Gasteiger partial charge in [-0.3, -0.25) is 0 Å². The summed E-state index contributed by atoms with van der Waals surface area (Å²) in [6.07, 6.45) is 4.84. The lowest BCUT2D eigenvalue weighted by molar-refractivity contribution is -0.150. The van der Waals surface area contributed by atoms with Crippen molar-refractivity contribution in [3.8, 4) is 18.1 Å². The zero-order valence-corrected chi connectivity index (χ0v) is 9.68. The standard InChI is InChI=1S/C13H15NO3/c1-3-8-16-13(15)12(4-2)17-11-7-5-6-10(14)9-11/h1,5-7,9,12H,4,8,14H2,2H3. The molecule has 17 heavy (non-hydrogen) atoms. The number of rotatable bonds is 5. The van der Waals surface area contributed by atoms with E-state index in [0.717, 1.165) is 0 Å². The molecular weight excluding hydrogens is 218 g/mol. The van der Waals surface area contributed by atoms with Gasteiger partial charge in [0.05, 0.1) is 0 Å². The molecule has 2 N–H and O–H groups in total. The van der Waals surface area contributed by atoms with Crippen LogP contribution >= 0.6 is 0 Å². The van der Waals surface area contributed by atoms with E-state index >= 15 is 0 Å². The number of esters is 1. The van der Waals surface area contributed by atoms with Crippen LogP contribution in [0.5, 0.6) is 5.75 Å². The number of hydrogen-bond donors (Lipinski definition) is 1. The number of hydrogen-bond acceptors (Lipinski definition) is 4.